The monoisotopic (exact) mass is 478 g/mol. The Bertz CT molecular complexity index is 1130. The number of aliphatic carboxylic acids is 1. The predicted molar refractivity (Wildman–Crippen MR) is 128 cm³/mol. The summed E-state index contributed by atoms with van der Waals surface area (Å²) in [6, 6.07) is 15.2. The van der Waals surface area contributed by atoms with Crippen LogP contribution in [0.1, 0.15) is 44.2 Å². The van der Waals surface area contributed by atoms with Gasteiger partial charge in [-0.15, -0.1) is 0 Å². The van der Waals surface area contributed by atoms with Crippen LogP contribution in [0.25, 0.3) is 11.1 Å². The lowest BCUT2D eigenvalue weighted by Crippen LogP contribution is -2.65. The topological polar surface area (TPSA) is 96.4 Å². The smallest absolute Gasteiger partial charge is 0.411 e. The second-order valence-corrected chi connectivity index (χ2v) is 10.7. The van der Waals surface area contributed by atoms with Crippen molar-refractivity contribution in [2.24, 2.45) is 5.41 Å². The summed E-state index contributed by atoms with van der Waals surface area (Å²) in [6.45, 7) is 6.20. The van der Waals surface area contributed by atoms with Crippen LogP contribution in [0.3, 0.4) is 0 Å². The fourth-order valence-corrected chi connectivity index (χ4v) is 5.71. The van der Waals surface area contributed by atoms with Gasteiger partial charge in [0, 0.05) is 31.0 Å². The molecular weight excluding hydrogens is 448 g/mol. The molecule has 2 saturated heterocycles. The highest BCUT2D eigenvalue weighted by Crippen LogP contribution is 2.47. The Morgan fingerprint density at radius 1 is 0.971 bits per heavy atom. The summed E-state index contributed by atoms with van der Waals surface area (Å²) >= 11 is 0. The normalized spacial score (nSPS) is 20.3. The Labute approximate surface area is 204 Å². The van der Waals surface area contributed by atoms with E-state index < -0.39 is 35.2 Å². The van der Waals surface area contributed by atoms with Gasteiger partial charge in [-0.2, -0.15) is 0 Å². The minimum atomic E-state index is -1.08. The molecule has 0 bridgehead atoms. The molecule has 0 saturated carbocycles. The number of carbonyl (C=O) groups excluding carboxylic acids is 2. The van der Waals surface area contributed by atoms with Crippen LogP contribution in [-0.4, -0.2) is 70.9 Å². The average Bonchev–Trinajstić information content (AvgIpc) is 3.33. The molecule has 2 heterocycles. The number of carboxylic acid groups (broad SMARTS) is 1. The second kappa shape index (κ2) is 8.29. The number of ether oxygens (including phenoxy) is 2. The van der Waals surface area contributed by atoms with Crippen molar-refractivity contribution < 1.29 is 29.0 Å². The minimum absolute atomic E-state index is 0.0394. The molecule has 3 aliphatic rings. The maximum Gasteiger partial charge on any atom is 0.411 e. The fraction of sp³-hybridized carbons (Fsp3) is 0.444. The van der Waals surface area contributed by atoms with E-state index in [-0.39, 0.29) is 32.2 Å². The number of hydrogen-bond donors (Lipinski definition) is 1. The molecule has 2 amide bonds. The van der Waals surface area contributed by atoms with E-state index in [1.54, 1.807) is 20.8 Å². The van der Waals surface area contributed by atoms with Crippen molar-refractivity contribution in [1.29, 1.82) is 0 Å². The van der Waals surface area contributed by atoms with Crippen molar-refractivity contribution in [2.75, 3.05) is 26.2 Å². The lowest BCUT2D eigenvalue weighted by molar-refractivity contribution is -0.150. The quantitative estimate of drug-likeness (QED) is 0.705. The van der Waals surface area contributed by atoms with Crippen LogP contribution >= 0.6 is 0 Å². The first kappa shape index (κ1) is 23.2. The third-order valence-electron chi connectivity index (χ3n) is 7.21. The highest BCUT2D eigenvalue weighted by atomic mass is 16.6. The van der Waals surface area contributed by atoms with E-state index in [0.29, 0.717) is 6.42 Å². The van der Waals surface area contributed by atoms with Crippen molar-refractivity contribution in [3.8, 4) is 11.1 Å². The van der Waals surface area contributed by atoms with E-state index in [1.807, 2.05) is 24.3 Å². The lowest BCUT2D eigenvalue weighted by atomic mass is 9.73. The van der Waals surface area contributed by atoms with Crippen LogP contribution in [0.4, 0.5) is 9.59 Å². The summed E-state index contributed by atoms with van der Waals surface area (Å²) in [5.74, 6) is -1.12. The molecule has 1 aliphatic carbocycles. The van der Waals surface area contributed by atoms with Gasteiger partial charge >= 0.3 is 18.2 Å². The Morgan fingerprint density at radius 2 is 1.54 bits per heavy atom. The summed E-state index contributed by atoms with van der Waals surface area (Å²) in [5.41, 5.74) is 3.18. The maximum atomic E-state index is 12.9. The molecule has 8 nitrogen and oxygen atoms in total. The molecule has 2 aliphatic heterocycles. The average molecular weight is 479 g/mol. The van der Waals surface area contributed by atoms with Gasteiger partial charge in [-0.25, -0.2) is 14.4 Å². The van der Waals surface area contributed by atoms with Gasteiger partial charge < -0.3 is 19.5 Å². The van der Waals surface area contributed by atoms with Crippen LogP contribution in [0.15, 0.2) is 48.5 Å². The minimum Gasteiger partial charge on any atom is -0.480 e. The highest BCUT2D eigenvalue weighted by molar-refractivity contribution is 5.83. The Morgan fingerprint density at radius 3 is 2.09 bits per heavy atom. The van der Waals surface area contributed by atoms with Gasteiger partial charge in [-0.3, -0.25) is 4.90 Å². The fourth-order valence-electron chi connectivity index (χ4n) is 5.71. The number of fused-ring (bicyclic) bond motifs is 3. The molecule has 0 aromatic heterocycles. The van der Waals surface area contributed by atoms with Crippen molar-refractivity contribution in [2.45, 2.75) is 44.8 Å². The Hall–Kier alpha value is -3.55. The number of carboxylic acids is 1. The summed E-state index contributed by atoms with van der Waals surface area (Å²) in [6.07, 6.45) is -0.602. The molecule has 5 rings (SSSR count). The maximum absolute atomic E-state index is 12.9. The number of likely N-dealkylation sites (tertiary alicyclic amines) is 2. The van der Waals surface area contributed by atoms with Crippen molar-refractivity contribution in [3.63, 3.8) is 0 Å². The first-order chi connectivity index (χ1) is 16.6. The van der Waals surface area contributed by atoms with E-state index in [2.05, 4.69) is 24.3 Å². The molecular formula is C27H30N2O6. The molecule has 1 unspecified atom stereocenters. The van der Waals surface area contributed by atoms with Gasteiger partial charge in [0.2, 0.25) is 0 Å². The molecule has 1 spiro atoms. The van der Waals surface area contributed by atoms with Crippen LogP contribution < -0.4 is 0 Å². The van der Waals surface area contributed by atoms with E-state index in [9.17, 15) is 19.5 Å². The van der Waals surface area contributed by atoms with Crippen LogP contribution in [0.5, 0.6) is 0 Å². The molecule has 2 fully saturated rings. The summed E-state index contributed by atoms with van der Waals surface area (Å²) in [4.78, 5) is 40.4. The van der Waals surface area contributed by atoms with Gasteiger partial charge in [0.1, 0.15) is 18.2 Å². The molecule has 2 aromatic rings. The van der Waals surface area contributed by atoms with Crippen LogP contribution in [0.2, 0.25) is 0 Å². The molecule has 0 radical (unpaired) electrons. The standard InChI is InChI=1S/C27H30N2O6/c1-26(2,3)35-25(33)29-13-12-27(22(29)23(30)31)15-28(16-27)24(32)34-14-21-19-10-6-4-8-17(19)18-9-5-7-11-20(18)21/h4-11,21-22H,12-16H2,1-3H3,(H,30,31). The second-order valence-electron chi connectivity index (χ2n) is 10.7. The summed E-state index contributed by atoms with van der Waals surface area (Å²) in [7, 11) is 0. The zero-order valence-corrected chi connectivity index (χ0v) is 20.2. The van der Waals surface area contributed by atoms with Crippen molar-refractivity contribution in [3.05, 3.63) is 59.7 Å². The highest BCUT2D eigenvalue weighted by Gasteiger charge is 2.61. The number of hydrogen-bond acceptors (Lipinski definition) is 5. The lowest BCUT2D eigenvalue weighted by Gasteiger charge is -2.49. The first-order valence-electron chi connectivity index (χ1n) is 11.9. The van der Waals surface area contributed by atoms with Gasteiger partial charge in [-0.1, -0.05) is 48.5 Å². The van der Waals surface area contributed by atoms with Gasteiger partial charge in [-0.05, 0) is 49.4 Å². The summed E-state index contributed by atoms with van der Waals surface area (Å²) in [5, 5.41) is 9.91. The molecule has 2 aromatic carbocycles. The predicted octanol–water partition coefficient (Wildman–Crippen LogP) is 4.33. The first-order valence-corrected chi connectivity index (χ1v) is 11.9. The molecule has 1 N–H and O–H groups in total. The van der Waals surface area contributed by atoms with Gasteiger partial charge in [0.25, 0.3) is 0 Å². The van der Waals surface area contributed by atoms with Gasteiger partial charge in [0.05, 0.1) is 0 Å². The molecule has 8 heteroatoms. The number of amides is 2. The number of carbonyl (C=O) groups is 3. The molecule has 1 atom stereocenters. The third kappa shape index (κ3) is 4.00. The molecule has 35 heavy (non-hydrogen) atoms. The zero-order valence-electron chi connectivity index (χ0n) is 20.2. The zero-order chi connectivity index (χ0) is 25.0. The van der Waals surface area contributed by atoms with Crippen molar-refractivity contribution >= 4 is 18.2 Å². The Kier molecular flexibility index (Phi) is 5.49. The number of benzene rings is 2. The Balaban J connectivity index is 1.24. The number of nitrogens with zero attached hydrogens (tertiary/aromatic N) is 2. The molecule has 184 valence electrons. The number of rotatable bonds is 3. The van der Waals surface area contributed by atoms with Gasteiger partial charge in [0.15, 0.2) is 0 Å². The van der Waals surface area contributed by atoms with Crippen molar-refractivity contribution in [1.82, 2.24) is 9.80 Å². The SMILES string of the molecule is CC(C)(C)OC(=O)N1CCC2(CN(C(=O)OCC3c4ccccc4-c4ccccc43)C2)C1C(=O)O. The van der Waals surface area contributed by atoms with E-state index in [0.717, 1.165) is 22.3 Å². The largest absolute Gasteiger partial charge is 0.480 e. The summed E-state index contributed by atoms with van der Waals surface area (Å²) < 4.78 is 11.1. The van der Waals surface area contributed by atoms with E-state index in [1.165, 1.54) is 9.80 Å². The van der Waals surface area contributed by atoms with E-state index >= 15 is 0 Å². The van der Waals surface area contributed by atoms with Crippen LogP contribution in [-0.2, 0) is 14.3 Å². The van der Waals surface area contributed by atoms with Crippen LogP contribution in [0, 0.1) is 5.41 Å². The van der Waals surface area contributed by atoms with E-state index in [4.69, 9.17) is 9.47 Å². The third-order valence-corrected chi connectivity index (χ3v) is 7.21.